The average molecular weight is 485 g/mol. The highest BCUT2D eigenvalue weighted by molar-refractivity contribution is 9.10. The molecular weight excluding hydrogens is 470 g/mol. The fraction of sp³-hybridized carbons (Fsp3) is 0.167. The summed E-state index contributed by atoms with van der Waals surface area (Å²) in [5.41, 5.74) is 2.99. The minimum absolute atomic E-state index is 0.134. The highest BCUT2D eigenvalue weighted by Gasteiger charge is 2.15. The van der Waals surface area contributed by atoms with Crippen LogP contribution in [0.3, 0.4) is 0 Å². The Morgan fingerprint density at radius 3 is 2.72 bits per heavy atom. The lowest BCUT2D eigenvalue weighted by Gasteiger charge is -2.09. The highest BCUT2D eigenvalue weighted by atomic mass is 79.9. The average Bonchev–Trinajstić information content (AvgIpc) is 2.67. The zero-order chi connectivity index (χ0) is 21.4. The third-order valence-corrected chi connectivity index (χ3v) is 4.39. The van der Waals surface area contributed by atoms with Gasteiger partial charge in [-0.15, -0.1) is 0 Å². The molecule has 2 rings (SSSR count). The van der Waals surface area contributed by atoms with Gasteiger partial charge < -0.3 is 9.47 Å². The van der Waals surface area contributed by atoms with Crippen molar-refractivity contribution in [1.29, 1.82) is 0 Å². The number of amides is 1. The summed E-state index contributed by atoms with van der Waals surface area (Å²) in [6.45, 7) is -0.302. The fourth-order valence-electron chi connectivity index (χ4n) is 2.21. The molecule has 9 nitrogen and oxygen atoms in total. The summed E-state index contributed by atoms with van der Waals surface area (Å²) in [5, 5.41) is 15.0. The molecule has 0 aliphatic carbocycles. The number of hydrogen-bond donors (Lipinski definition) is 1. The fourth-order valence-corrected chi connectivity index (χ4v) is 3.20. The number of carbonyl (C=O) groups excluding carboxylic acids is 2. The van der Waals surface area contributed by atoms with Crippen LogP contribution in [0, 0.1) is 10.1 Å². The Morgan fingerprint density at radius 2 is 2.07 bits per heavy atom. The number of hydrogen-bond acceptors (Lipinski definition) is 7. The zero-order valence-corrected chi connectivity index (χ0v) is 17.4. The van der Waals surface area contributed by atoms with Crippen LogP contribution in [0.2, 0.25) is 5.02 Å². The van der Waals surface area contributed by atoms with Gasteiger partial charge in [0.2, 0.25) is 5.91 Å². The molecule has 0 fully saturated rings. The maximum absolute atomic E-state index is 12.0. The minimum atomic E-state index is -0.556. The lowest BCUT2D eigenvalue weighted by molar-refractivity contribution is -0.385. The van der Waals surface area contributed by atoms with Gasteiger partial charge in [-0.3, -0.25) is 14.9 Å². The van der Waals surface area contributed by atoms with Crippen LogP contribution in [0.15, 0.2) is 46.0 Å². The van der Waals surface area contributed by atoms with E-state index in [9.17, 15) is 19.7 Å². The van der Waals surface area contributed by atoms with Crippen LogP contribution in [-0.4, -0.2) is 36.7 Å². The maximum Gasteiger partial charge on any atom is 0.343 e. The van der Waals surface area contributed by atoms with Gasteiger partial charge in [0.15, 0.2) is 12.4 Å². The molecule has 0 unspecified atom stereocenters. The van der Waals surface area contributed by atoms with E-state index in [1.807, 2.05) is 0 Å². The van der Waals surface area contributed by atoms with Crippen molar-refractivity contribution in [3.05, 3.63) is 67.1 Å². The van der Waals surface area contributed by atoms with Crippen LogP contribution in [0.1, 0.15) is 11.1 Å². The predicted molar refractivity (Wildman–Crippen MR) is 109 cm³/mol. The molecule has 2 aromatic rings. The van der Waals surface area contributed by atoms with Gasteiger partial charge in [0, 0.05) is 11.6 Å². The molecule has 152 valence electrons. The number of hydrazone groups is 1. The van der Waals surface area contributed by atoms with Crippen molar-refractivity contribution in [3.8, 4) is 5.75 Å². The highest BCUT2D eigenvalue weighted by Crippen LogP contribution is 2.34. The van der Waals surface area contributed by atoms with E-state index in [4.69, 9.17) is 16.3 Å². The number of nitro groups is 1. The Hall–Kier alpha value is -2.98. The number of nitro benzene ring substituents is 1. The summed E-state index contributed by atoms with van der Waals surface area (Å²) >= 11 is 9.42. The molecule has 1 amide bonds. The first-order valence-corrected chi connectivity index (χ1v) is 9.21. The molecule has 0 aliphatic heterocycles. The zero-order valence-electron chi connectivity index (χ0n) is 15.1. The number of nitrogens with zero attached hydrogens (tertiary/aromatic N) is 2. The van der Waals surface area contributed by atoms with Crippen LogP contribution in [-0.2, 0) is 20.7 Å². The molecular formula is C18H15BrClN3O6. The lowest BCUT2D eigenvalue weighted by atomic mass is 10.1. The smallest absolute Gasteiger partial charge is 0.343 e. The minimum Gasteiger partial charge on any atom is -0.479 e. The standard InChI is InChI=1S/C18H15BrClN3O6/c1-28-17(25)10-29-18-13(19)6-11(7-14(18)20)9-21-22-16(24)8-12-4-2-3-5-15(12)23(26)27/h2-7,9H,8,10H2,1H3,(H,22,24)/b21-9+. The molecule has 0 bridgehead atoms. The first kappa shape index (κ1) is 22.3. The van der Waals surface area contributed by atoms with Crippen LogP contribution in [0.4, 0.5) is 5.69 Å². The Balaban J connectivity index is 2.00. The molecule has 1 N–H and O–H groups in total. The molecule has 0 aromatic heterocycles. The maximum atomic E-state index is 12.0. The summed E-state index contributed by atoms with van der Waals surface area (Å²) in [5.74, 6) is -0.812. The van der Waals surface area contributed by atoms with Gasteiger partial charge in [0.05, 0.1) is 34.2 Å². The quantitative estimate of drug-likeness (QED) is 0.266. The van der Waals surface area contributed by atoms with E-state index in [2.05, 4.69) is 31.2 Å². The van der Waals surface area contributed by atoms with Crippen molar-refractivity contribution in [2.45, 2.75) is 6.42 Å². The van der Waals surface area contributed by atoms with Crippen molar-refractivity contribution in [1.82, 2.24) is 5.43 Å². The third kappa shape index (κ3) is 6.54. The molecule has 29 heavy (non-hydrogen) atoms. The molecule has 0 atom stereocenters. The summed E-state index contributed by atoms with van der Waals surface area (Å²) < 4.78 is 10.3. The first-order valence-electron chi connectivity index (χ1n) is 8.04. The monoisotopic (exact) mass is 483 g/mol. The number of rotatable bonds is 8. The van der Waals surface area contributed by atoms with Crippen LogP contribution >= 0.6 is 27.5 Å². The van der Waals surface area contributed by atoms with Crippen molar-refractivity contribution in [2.75, 3.05) is 13.7 Å². The Labute approximate surface area is 178 Å². The van der Waals surface area contributed by atoms with E-state index in [1.54, 1.807) is 12.1 Å². The number of esters is 1. The van der Waals surface area contributed by atoms with E-state index >= 15 is 0 Å². The number of para-hydroxylation sites is 1. The molecule has 0 aliphatic rings. The number of nitrogens with one attached hydrogen (secondary N) is 1. The largest absolute Gasteiger partial charge is 0.479 e. The van der Waals surface area contributed by atoms with E-state index in [0.717, 1.165) is 0 Å². The topological polar surface area (TPSA) is 120 Å². The number of halogens is 2. The van der Waals surface area contributed by atoms with Crippen LogP contribution in [0.25, 0.3) is 0 Å². The van der Waals surface area contributed by atoms with Crippen LogP contribution in [0.5, 0.6) is 5.75 Å². The Bertz CT molecular complexity index is 943. The molecule has 0 heterocycles. The summed E-state index contributed by atoms with van der Waals surface area (Å²) in [6.07, 6.45) is 1.15. The number of carbonyl (C=O) groups is 2. The van der Waals surface area contributed by atoms with E-state index in [-0.39, 0.29) is 35.1 Å². The summed E-state index contributed by atoms with van der Waals surface area (Å²) in [7, 11) is 1.24. The van der Waals surface area contributed by atoms with Gasteiger partial charge in [-0.05, 0) is 33.6 Å². The molecule has 0 saturated heterocycles. The Kier molecular flexibility index (Phi) is 8.10. The molecule has 11 heteroatoms. The van der Waals surface area contributed by atoms with Gasteiger partial charge in [-0.1, -0.05) is 29.8 Å². The van der Waals surface area contributed by atoms with E-state index in [0.29, 0.717) is 10.0 Å². The second kappa shape index (κ2) is 10.5. The van der Waals surface area contributed by atoms with Gasteiger partial charge in [0.25, 0.3) is 5.69 Å². The second-order valence-corrected chi connectivity index (χ2v) is 6.80. The molecule has 0 spiro atoms. The van der Waals surface area contributed by atoms with Crippen molar-refractivity contribution in [2.24, 2.45) is 5.10 Å². The first-order chi connectivity index (χ1) is 13.8. The summed E-state index contributed by atoms with van der Waals surface area (Å²) in [6, 6.07) is 9.12. The normalized spacial score (nSPS) is 10.6. The van der Waals surface area contributed by atoms with Gasteiger partial charge in [-0.25, -0.2) is 10.2 Å². The van der Waals surface area contributed by atoms with Gasteiger partial charge in [0.1, 0.15) is 0 Å². The van der Waals surface area contributed by atoms with E-state index in [1.165, 1.54) is 37.6 Å². The van der Waals surface area contributed by atoms with Crippen molar-refractivity contribution >= 4 is 51.3 Å². The lowest BCUT2D eigenvalue weighted by Crippen LogP contribution is -2.20. The van der Waals surface area contributed by atoms with Crippen LogP contribution < -0.4 is 10.2 Å². The second-order valence-electron chi connectivity index (χ2n) is 5.53. The number of ether oxygens (including phenoxy) is 2. The Morgan fingerprint density at radius 1 is 1.34 bits per heavy atom. The SMILES string of the molecule is COC(=O)COc1c(Cl)cc(/C=N/NC(=O)Cc2ccccc2[N+](=O)[O-])cc1Br. The van der Waals surface area contributed by atoms with Gasteiger partial charge in [-0.2, -0.15) is 5.10 Å². The predicted octanol–water partition coefficient (Wildman–Crippen LogP) is 3.26. The van der Waals surface area contributed by atoms with Crippen molar-refractivity contribution in [3.63, 3.8) is 0 Å². The number of methoxy groups -OCH3 is 1. The number of benzene rings is 2. The third-order valence-electron chi connectivity index (χ3n) is 3.52. The summed E-state index contributed by atoms with van der Waals surface area (Å²) in [4.78, 5) is 33.6. The molecule has 0 saturated carbocycles. The van der Waals surface area contributed by atoms with E-state index < -0.39 is 16.8 Å². The molecule has 2 aromatic carbocycles. The van der Waals surface area contributed by atoms with Crippen molar-refractivity contribution < 1.29 is 24.0 Å². The van der Waals surface area contributed by atoms with Gasteiger partial charge >= 0.3 is 5.97 Å². The molecule has 0 radical (unpaired) electrons.